The molecule has 1 aliphatic carbocycles. The summed E-state index contributed by atoms with van der Waals surface area (Å²) in [7, 11) is 0. The minimum atomic E-state index is 0.344. The maximum atomic E-state index is 5.94. The van der Waals surface area contributed by atoms with Crippen LogP contribution in [0.3, 0.4) is 0 Å². The van der Waals surface area contributed by atoms with Crippen molar-refractivity contribution in [3.05, 3.63) is 34.9 Å². The predicted molar refractivity (Wildman–Crippen MR) is 75.2 cm³/mol. The molecule has 0 heterocycles. The van der Waals surface area contributed by atoms with Crippen LogP contribution in [0.1, 0.15) is 31.2 Å². The number of alkyl halides is 1. The van der Waals surface area contributed by atoms with Gasteiger partial charge in [-0.3, -0.25) is 0 Å². The van der Waals surface area contributed by atoms with Gasteiger partial charge in [-0.1, -0.05) is 30.2 Å². The summed E-state index contributed by atoms with van der Waals surface area (Å²) < 4.78 is 0. The predicted octanol–water partition coefficient (Wildman–Crippen LogP) is 3.98. The average molecular weight is 272 g/mol. The van der Waals surface area contributed by atoms with E-state index in [1.54, 1.807) is 0 Å². The van der Waals surface area contributed by atoms with Gasteiger partial charge in [0.25, 0.3) is 0 Å². The minimum Gasteiger partial charge on any atom is -0.316 e. The fourth-order valence-corrected chi connectivity index (χ4v) is 2.75. The van der Waals surface area contributed by atoms with Gasteiger partial charge in [0.2, 0.25) is 0 Å². The quantitative estimate of drug-likeness (QED) is 0.610. The van der Waals surface area contributed by atoms with Gasteiger partial charge in [-0.2, -0.15) is 0 Å². The molecule has 0 aromatic heterocycles. The molecule has 1 aliphatic rings. The van der Waals surface area contributed by atoms with Crippen molar-refractivity contribution in [3.63, 3.8) is 0 Å². The molecule has 94 valence electrons. The van der Waals surface area contributed by atoms with Crippen LogP contribution in [0.2, 0.25) is 5.02 Å². The number of halogens is 2. The second-order valence-electron chi connectivity index (χ2n) is 4.86. The molecule has 0 radical (unpaired) electrons. The molecule has 1 aromatic rings. The number of nitrogens with one attached hydrogen (secondary N) is 1. The van der Waals surface area contributed by atoms with Gasteiger partial charge in [-0.25, -0.2) is 0 Å². The van der Waals surface area contributed by atoms with Crippen molar-refractivity contribution in [1.82, 2.24) is 5.32 Å². The van der Waals surface area contributed by atoms with Gasteiger partial charge in [0.1, 0.15) is 0 Å². The van der Waals surface area contributed by atoms with E-state index >= 15 is 0 Å². The summed E-state index contributed by atoms with van der Waals surface area (Å²) in [4.78, 5) is 0. The van der Waals surface area contributed by atoms with Crippen molar-refractivity contribution in [1.29, 1.82) is 0 Å². The summed E-state index contributed by atoms with van der Waals surface area (Å²) in [5.74, 6) is 0.737. The van der Waals surface area contributed by atoms with E-state index in [9.17, 15) is 0 Å². The van der Waals surface area contributed by atoms with Crippen LogP contribution in [0.4, 0.5) is 0 Å². The van der Waals surface area contributed by atoms with Crippen LogP contribution in [0.25, 0.3) is 0 Å². The van der Waals surface area contributed by atoms with Crippen LogP contribution in [0.5, 0.6) is 0 Å². The highest BCUT2D eigenvalue weighted by molar-refractivity contribution is 6.30. The lowest BCUT2D eigenvalue weighted by atomic mass is 9.64. The molecule has 2 rings (SSSR count). The van der Waals surface area contributed by atoms with Gasteiger partial charge in [0.15, 0.2) is 0 Å². The summed E-state index contributed by atoms with van der Waals surface area (Å²) in [5.41, 5.74) is 1.77. The fraction of sp³-hybridized carbons (Fsp3) is 0.571. The molecule has 0 aliphatic heterocycles. The van der Waals surface area contributed by atoms with Crippen LogP contribution in [0, 0.1) is 0 Å². The highest BCUT2D eigenvalue weighted by Gasteiger charge is 2.37. The SMILES string of the molecule is ClCCCNCC1(c2ccc(Cl)cc2)CCC1. The van der Waals surface area contributed by atoms with Crippen LogP contribution >= 0.6 is 23.2 Å². The van der Waals surface area contributed by atoms with Gasteiger partial charge >= 0.3 is 0 Å². The third kappa shape index (κ3) is 3.15. The number of rotatable bonds is 6. The molecule has 0 unspecified atom stereocenters. The van der Waals surface area contributed by atoms with Crippen LogP contribution in [-0.4, -0.2) is 19.0 Å². The van der Waals surface area contributed by atoms with Crippen molar-refractivity contribution in [3.8, 4) is 0 Å². The summed E-state index contributed by atoms with van der Waals surface area (Å²) in [5, 5.41) is 4.34. The Morgan fingerprint density at radius 1 is 1.18 bits per heavy atom. The number of benzene rings is 1. The van der Waals surface area contributed by atoms with E-state index in [2.05, 4.69) is 17.4 Å². The van der Waals surface area contributed by atoms with Crippen molar-refractivity contribution in [2.24, 2.45) is 0 Å². The molecule has 0 amide bonds. The molecule has 1 aromatic carbocycles. The van der Waals surface area contributed by atoms with Gasteiger partial charge in [-0.15, -0.1) is 11.6 Å². The molecule has 0 spiro atoms. The monoisotopic (exact) mass is 271 g/mol. The zero-order chi connectivity index (χ0) is 12.1. The van der Waals surface area contributed by atoms with E-state index < -0.39 is 0 Å². The average Bonchev–Trinajstić information content (AvgIpc) is 2.29. The number of hydrogen-bond donors (Lipinski definition) is 1. The topological polar surface area (TPSA) is 12.0 Å². The van der Waals surface area contributed by atoms with Crippen molar-refractivity contribution in [2.75, 3.05) is 19.0 Å². The van der Waals surface area contributed by atoms with Gasteiger partial charge in [-0.05, 0) is 43.5 Å². The first-order valence-electron chi connectivity index (χ1n) is 6.30. The van der Waals surface area contributed by atoms with E-state index in [0.717, 1.165) is 30.4 Å². The van der Waals surface area contributed by atoms with E-state index in [0.29, 0.717) is 5.41 Å². The molecule has 3 heteroatoms. The molecule has 0 bridgehead atoms. The summed E-state index contributed by atoms with van der Waals surface area (Å²) in [6.45, 7) is 2.07. The minimum absolute atomic E-state index is 0.344. The summed E-state index contributed by atoms with van der Waals surface area (Å²) in [6.07, 6.45) is 4.93. The maximum absolute atomic E-state index is 5.94. The first-order chi connectivity index (χ1) is 8.27. The second kappa shape index (κ2) is 6.08. The Hall–Kier alpha value is -0.240. The highest BCUT2D eigenvalue weighted by atomic mass is 35.5. The maximum Gasteiger partial charge on any atom is 0.0406 e. The van der Waals surface area contributed by atoms with Crippen LogP contribution < -0.4 is 5.32 Å². The van der Waals surface area contributed by atoms with E-state index in [4.69, 9.17) is 23.2 Å². The molecule has 0 saturated heterocycles. The molecule has 1 N–H and O–H groups in total. The second-order valence-corrected chi connectivity index (χ2v) is 5.67. The highest BCUT2D eigenvalue weighted by Crippen LogP contribution is 2.43. The van der Waals surface area contributed by atoms with Gasteiger partial charge in [0.05, 0.1) is 0 Å². The summed E-state index contributed by atoms with van der Waals surface area (Å²) in [6, 6.07) is 8.33. The first kappa shape index (κ1) is 13.2. The first-order valence-corrected chi connectivity index (χ1v) is 7.21. The Morgan fingerprint density at radius 2 is 1.88 bits per heavy atom. The van der Waals surface area contributed by atoms with Crippen molar-refractivity contribution in [2.45, 2.75) is 31.1 Å². The zero-order valence-corrected chi connectivity index (χ0v) is 11.5. The summed E-state index contributed by atoms with van der Waals surface area (Å²) >= 11 is 11.6. The zero-order valence-electron chi connectivity index (χ0n) is 10.0. The lowest BCUT2D eigenvalue weighted by molar-refractivity contribution is 0.234. The fourth-order valence-electron chi connectivity index (χ4n) is 2.49. The Bertz CT molecular complexity index is 344. The molecular formula is C14H19Cl2N. The van der Waals surface area contributed by atoms with Gasteiger partial charge in [0, 0.05) is 22.9 Å². The van der Waals surface area contributed by atoms with E-state index in [1.807, 2.05) is 12.1 Å². The smallest absolute Gasteiger partial charge is 0.0406 e. The Morgan fingerprint density at radius 3 is 2.41 bits per heavy atom. The third-order valence-electron chi connectivity index (χ3n) is 3.72. The molecular weight excluding hydrogens is 253 g/mol. The lowest BCUT2D eigenvalue weighted by Crippen LogP contribution is -2.44. The standard InChI is InChI=1S/C14H19Cl2N/c15-9-2-10-17-11-14(7-1-8-14)12-3-5-13(16)6-4-12/h3-6,17H,1-2,7-11H2. The largest absolute Gasteiger partial charge is 0.316 e. The number of hydrogen-bond acceptors (Lipinski definition) is 1. The normalized spacial score (nSPS) is 17.8. The Balaban J connectivity index is 1.96. The van der Waals surface area contributed by atoms with E-state index in [1.165, 1.54) is 24.8 Å². The van der Waals surface area contributed by atoms with Crippen LogP contribution in [0.15, 0.2) is 24.3 Å². The Labute approximate surface area is 114 Å². The van der Waals surface area contributed by atoms with E-state index in [-0.39, 0.29) is 0 Å². The lowest BCUT2D eigenvalue weighted by Gasteiger charge is -2.43. The molecule has 1 saturated carbocycles. The van der Waals surface area contributed by atoms with Crippen molar-refractivity contribution >= 4 is 23.2 Å². The molecule has 1 nitrogen and oxygen atoms in total. The van der Waals surface area contributed by atoms with Crippen molar-refractivity contribution < 1.29 is 0 Å². The molecule has 0 atom stereocenters. The van der Waals surface area contributed by atoms with Crippen LogP contribution in [-0.2, 0) is 5.41 Å². The molecule has 17 heavy (non-hydrogen) atoms. The van der Waals surface area contributed by atoms with Gasteiger partial charge < -0.3 is 5.32 Å². The molecule has 1 fully saturated rings. The Kier molecular flexibility index (Phi) is 4.72. The third-order valence-corrected chi connectivity index (χ3v) is 4.24.